The van der Waals surface area contributed by atoms with Crippen molar-refractivity contribution < 1.29 is 11.3 Å². The average molecular weight is 422 g/mol. The molecule has 3 heteroatoms. The number of carboxylic acid groups (broad SMARTS) is 1. The molecule has 0 aliphatic heterocycles. The van der Waals surface area contributed by atoms with Gasteiger partial charge in [-0.3, -0.25) is 4.79 Å². The first-order valence-electron chi connectivity index (χ1n) is 7.77. The molecule has 0 spiro atoms. The molecular weight excluding hydrogens is 394 g/mol. The molecule has 1 atom stereocenters. The summed E-state index contributed by atoms with van der Waals surface area (Å²) in [5.41, 5.74) is 0. The van der Waals surface area contributed by atoms with E-state index in [9.17, 15) is 4.79 Å². The summed E-state index contributed by atoms with van der Waals surface area (Å²) in [5, 5.41) is 8.60. The van der Waals surface area contributed by atoms with Gasteiger partial charge >= 0.3 is 5.97 Å². The zero-order valence-corrected chi connectivity index (χ0v) is 16.5. The maximum absolute atomic E-state index is 10.4. The Balaban J connectivity index is -0.000000275. The fourth-order valence-electron chi connectivity index (χ4n) is 1.64. The summed E-state index contributed by atoms with van der Waals surface area (Å²) in [6.07, 6.45) is 3.71. The zero-order valence-electron chi connectivity index (χ0n) is 14.0. The van der Waals surface area contributed by atoms with Crippen molar-refractivity contribution in [2.45, 2.75) is 39.5 Å². The molecule has 2 rings (SSSR count). The van der Waals surface area contributed by atoms with Crippen molar-refractivity contribution in [1.82, 2.24) is 0 Å². The zero-order chi connectivity index (χ0) is 16.5. The van der Waals surface area contributed by atoms with Gasteiger partial charge in [-0.2, -0.15) is 0 Å². The van der Waals surface area contributed by atoms with Gasteiger partial charge in [0.2, 0.25) is 0 Å². The Kier molecular flexibility index (Phi) is 19.6. The van der Waals surface area contributed by atoms with Gasteiger partial charge in [-0.15, -0.1) is 0 Å². The fourth-order valence-corrected chi connectivity index (χ4v) is 1.64. The molecule has 0 aromatic heterocycles. The molecule has 0 aliphatic carbocycles. The van der Waals surface area contributed by atoms with Gasteiger partial charge in [-0.1, -0.05) is 87.4 Å². The number of aliphatic carboxylic acids is 1. The van der Waals surface area contributed by atoms with Crippen LogP contribution >= 0.6 is 0 Å². The van der Waals surface area contributed by atoms with E-state index in [2.05, 4.69) is 19.1 Å². The van der Waals surface area contributed by atoms with Gasteiger partial charge < -0.3 is 5.11 Å². The summed E-state index contributed by atoms with van der Waals surface area (Å²) >= 11 is 0. The number of carboxylic acids is 1. The molecule has 0 amide bonds. The largest absolute Gasteiger partial charge is 0.481 e. The summed E-state index contributed by atoms with van der Waals surface area (Å²) in [5.74, 6) is -0.754. The molecule has 0 fully saturated rings. The summed E-state index contributed by atoms with van der Waals surface area (Å²) in [4.78, 5) is 10.4. The van der Waals surface area contributed by atoms with Crippen LogP contribution in [-0.4, -0.2) is 35.5 Å². The molecule has 2 aromatic rings. The number of hydrogen-bond acceptors (Lipinski definition) is 1. The minimum Gasteiger partial charge on any atom is -0.481 e. The monoisotopic (exact) mass is 421 g/mol. The van der Waals surface area contributed by atoms with Crippen molar-refractivity contribution in [3.63, 3.8) is 0 Å². The van der Waals surface area contributed by atoms with Crippen molar-refractivity contribution >= 4 is 30.4 Å². The molecule has 2 aromatic carbocycles. The molecule has 2 nitrogen and oxygen atoms in total. The quantitative estimate of drug-likeness (QED) is 0.679. The number of carbonyl (C=O) groups is 1. The van der Waals surface area contributed by atoms with Gasteiger partial charge in [0.25, 0.3) is 0 Å². The second-order valence-corrected chi connectivity index (χ2v) is 4.74. The van der Waals surface area contributed by atoms with Crippen molar-refractivity contribution in [3.05, 3.63) is 72.8 Å². The smallest absolute Gasteiger partial charge is 0.306 e. The van der Waals surface area contributed by atoms with Crippen molar-refractivity contribution in [2.24, 2.45) is 5.92 Å². The second kappa shape index (κ2) is 18.8. The first kappa shape index (κ1) is 24.0. The molecule has 1 unspecified atom stereocenters. The number of benzene rings is 2. The molecule has 0 aliphatic rings. The number of rotatable bonds is 5. The molecule has 23 heavy (non-hydrogen) atoms. The van der Waals surface area contributed by atoms with E-state index < -0.39 is 5.97 Å². The van der Waals surface area contributed by atoms with Crippen LogP contribution in [0.5, 0.6) is 0 Å². The topological polar surface area (TPSA) is 37.3 Å². The van der Waals surface area contributed by atoms with E-state index in [1.807, 2.05) is 67.6 Å². The predicted molar refractivity (Wildman–Crippen MR) is 99.4 cm³/mol. The number of hydrogen-bond donors (Lipinski definition) is 1. The van der Waals surface area contributed by atoms with Crippen LogP contribution in [0.2, 0.25) is 0 Å². The van der Waals surface area contributed by atoms with Crippen LogP contribution in [0, 0.1) is 18.1 Å². The van der Waals surface area contributed by atoms with Gasteiger partial charge in [0, 0.05) is 25.9 Å². The summed E-state index contributed by atoms with van der Waals surface area (Å²) in [6.45, 7) is 4.00. The molecule has 125 valence electrons. The van der Waals surface area contributed by atoms with Crippen LogP contribution in [0.3, 0.4) is 0 Å². The van der Waals surface area contributed by atoms with Gasteiger partial charge in [0.1, 0.15) is 0 Å². The van der Waals surface area contributed by atoms with E-state index >= 15 is 0 Å². The van der Waals surface area contributed by atoms with Crippen LogP contribution in [0.1, 0.15) is 41.0 Å². The molecule has 0 saturated carbocycles. The second-order valence-electron chi connectivity index (χ2n) is 4.74. The van der Waals surface area contributed by atoms with Crippen molar-refractivity contribution in [1.29, 1.82) is 0 Å². The van der Waals surface area contributed by atoms with E-state index in [0.717, 1.165) is 25.7 Å². The van der Waals surface area contributed by atoms with Crippen LogP contribution in [0.15, 0.2) is 60.7 Å². The Hall–Kier alpha value is -1.27. The van der Waals surface area contributed by atoms with E-state index in [4.69, 9.17) is 5.11 Å². The standard InChI is InChI=1S/C8H16O2.2C6H5.Sb.H2/c1-3-5-6-7(4-2)8(9)10;2*1-2-4-6-5-3-1;;/h7H,3-6H2,1-2H3,(H,9,10);2*1-5H;;1H. The van der Waals surface area contributed by atoms with E-state index in [-0.39, 0.29) is 31.8 Å². The minimum atomic E-state index is -0.643. The summed E-state index contributed by atoms with van der Waals surface area (Å²) < 4.78 is 0. The average Bonchev–Trinajstić information content (AvgIpc) is 2.59. The Morgan fingerprint density at radius 3 is 1.57 bits per heavy atom. The maximum Gasteiger partial charge on any atom is 0.306 e. The fraction of sp³-hybridized carbons (Fsp3) is 0.350. The van der Waals surface area contributed by atoms with Gasteiger partial charge in [0.15, 0.2) is 0 Å². The first-order valence-corrected chi connectivity index (χ1v) is 7.77. The molecular formula is C20H28O2Sb. The maximum atomic E-state index is 10.4. The van der Waals surface area contributed by atoms with Crippen molar-refractivity contribution in [3.8, 4) is 0 Å². The minimum absolute atomic E-state index is 0. The van der Waals surface area contributed by atoms with Crippen molar-refractivity contribution in [2.75, 3.05) is 0 Å². The molecule has 0 bridgehead atoms. The Morgan fingerprint density at radius 2 is 1.39 bits per heavy atom. The molecule has 1 N–H and O–H groups in total. The summed E-state index contributed by atoms with van der Waals surface area (Å²) in [7, 11) is 0. The molecule has 5 radical (unpaired) electrons. The van der Waals surface area contributed by atoms with Gasteiger partial charge in [0.05, 0.1) is 5.92 Å². The Labute approximate surface area is 159 Å². The third-order valence-corrected chi connectivity index (χ3v) is 2.96. The third kappa shape index (κ3) is 16.9. The van der Waals surface area contributed by atoms with Crippen LogP contribution in [0.25, 0.3) is 0 Å². The third-order valence-electron chi connectivity index (χ3n) is 2.96. The van der Waals surface area contributed by atoms with E-state index in [1.54, 1.807) is 0 Å². The Bertz CT molecular complexity index is 367. The molecule has 0 saturated heterocycles. The van der Waals surface area contributed by atoms with Gasteiger partial charge in [-0.25, -0.2) is 0 Å². The predicted octanol–water partition coefficient (Wildman–Crippen LogP) is 5.13. The van der Waals surface area contributed by atoms with Crippen LogP contribution < -0.4 is 0 Å². The normalized spacial score (nSPS) is 9.83. The van der Waals surface area contributed by atoms with Gasteiger partial charge in [-0.05, 0) is 25.0 Å². The van der Waals surface area contributed by atoms with E-state index in [0.29, 0.717) is 0 Å². The Morgan fingerprint density at radius 1 is 0.957 bits per heavy atom. The van der Waals surface area contributed by atoms with Crippen LogP contribution in [-0.2, 0) is 4.79 Å². The first-order chi connectivity index (χ1) is 10.7. The van der Waals surface area contributed by atoms with Crippen LogP contribution in [0.4, 0.5) is 0 Å². The molecule has 0 heterocycles. The number of unbranched alkanes of at least 4 members (excludes halogenated alkanes) is 1. The SMILES string of the molecule is CCCCC(CC)C(=O)O.[HH].[Sb].[c]1ccccc1.[c]1ccccc1. The van der Waals surface area contributed by atoms with E-state index in [1.165, 1.54) is 0 Å². The summed E-state index contributed by atoms with van der Waals surface area (Å²) in [6, 6.07) is 25.0.